The normalized spacial score (nSPS) is 23.3. The number of hydrogen-bond acceptors (Lipinski definition) is 2. The van der Waals surface area contributed by atoms with Crippen LogP contribution in [0.4, 0.5) is 0 Å². The summed E-state index contributed by atoms with van der Waals surface area (Å²) in [4.78, 5) is 2.50. The summed E-state index contributed by atoms with van der Waals surface area (Å²) in [6, 6.07) is 0.642. The molecule has 0 aromatic rings. The molecule has 1 rings (SSSR count). The smallest absolute Gasteiger partial charge is 0.0331 e. The summed E-state index contributed by atoms with van der Waals surface area (Å²) in [6.45, 7) is 7.69. The van der Waals surface area contributed by atoms with E-state index in [4.69, 9.17) is 5.73 Å². The van der Waals surface area contributed by atoms with Crippen molar-refractivity contribution in [2.75, 3.05) is 13.6 Å². The molecule has 78 valence electrons. The van der Waals surface area contributed by atoms with E-state index in [1.807, 2.05) is 0 Å². The number of nitrogens with two attached hydrogens (primary N) is 1. The molecule has 0 aromatic heterocycles. The largest absolute Gasteiger partial charge is 0.329 e. The maximum absolute atomic E-state index is 5.87. The van der Waals surface area contributed by atoms with Gasteiger partial charge in [-0.3, -0.25) is 4.90 Å². The van der Waals surface area contributed by atoms with Crippen molar-refractivity contribution < 1.29 is 0 Å². The molecule has 1 atom stereocenters. The molecule has 1 aliphatic rings. The molecule has 2 heteroatoms. The molecule has 13 heavy (non-hydrogen) atoms. The average Bonchev–Trinajstić information content (AvgIpc) is 2.01. The van der Waals surface area contributed by atoms with Gasteiger partial charge in [0.15, 0.2) is 0 Å². The van der Waals surface area contributed by atoms with Crippen LogP contribution in [0.15, 0.2) is 0 Å². The van der Waals surface area contributed by atoms with Gasteiger partial charge in [-0.1, -0.05) is 13.8 Å². The van der Waals surface area contributed by atoms with Crippen LogP contribution in [0, 0.1) is 5.92 Å². The van der Waals surface area contributed by atoms with Crippen LogP contribution in [0.2, 0.25) is 0 Å². The van der Waals surface area contributed by atoms with Crippen LogP contribution in [-0.2, 0) is 0 Å². The maximum Gasteiger partial charge on any atom is 0.0331 e. The summed E-state index contributed by atoms with van der Waals surface area (Å²) in [6.07, 6.45) is 3.93. The number of rotatable bonds is 4. The van der Waals surface area contributed by atoms with Gasteiger partial charge in [0.2, 0.25) is 0 Å². The summed E-state index contributed by atoms with van der Waals surface area (Å²) in [5.41, 5.74) is 6.20. The molecule has 0 amide bonds. The SMILES string of the molecule is CC(C)C(C)N(C)C1(CN)CCC1. The molecule has 0 aliphatic heterocycles. The lowest BCUT2D eigenvalue weighted by Gasteiger charge is -2.51. The highest BCUT2D eigenvalue weighted by atomic mass is 15.2. The molecule has 0 saturated heterocycles. The maximum atomic E-state index is 5.87. The molecule has 0 bridgehead atoms. The Bertz CT molecular complexity index is 156. The Morgan fingerprint density at radius 3 is 2.08 bits per heavy atom. The van der Waals surface area contributed by atoms with Crippen molar-refractivity contribution in [1.29, 1.82) is 0 Å². The first-order valence-corrected chi connectivity index (χ1v) is 5.46. The molecule has 1 aliphatic carbocycles. The molecule has 0 aromatic carbocycles. The van der Waals surface area contributed by atoms with Crippen molar-refractivity contribution in [3.05, 3.63) is 0 Å². The highest BCUT2D eigenvalue weighted by Gasteiger charge is 2.41. The summed E-state index contributed by atoms with van der Waals surface area (Å²) < 4.78 is 0. The predicted molar refractivity (Wildman–Crippen MR) is 57.7 cm³/mol. The monoisotopic (exact) mass is 184 g/mol. The Labute approximate surface area is 82.5 Å². The van der Waals surface area contributed by atoms with Crippen LogP contribution in [0.3, 0.4) is 0 Å². The Morgan fingerprint density at radius 2 is 1.85 bits per heavy atom. The Morgan fingerprint density at radius 1 is 1.31 bits per heavy atom. The van der Waals surface area contributed by atoms with Gasteiger partial charge in [0.1, 0.15) is 0 Å². The van der Waals surface area contributed by atoms with E-state index in [9.17, 15) is 0 Å². The Hall–Kier alpha value is -0.0800. The Kier molecular flexibility index (Phi) is 3.36. The van der Waals surface area contributed by atoms with Gasteiger partial charge in [0.05, 0.1) is 0 Å². The van der Waals surface area contributed by atoms with Gasteiger partial charge >= 0.3 is 0 Å². The van der Waals surface area contributed by atoms with Crippen LogP contribution < -0.4 is 5.73 Å². The Balaban J connectivity index is 2.59. The number of likely N-dealkylation sites (N-methyl/N-ethyl adjacent to an activating group) is 1. The van der Waals surface area contributed by atoms with Gasteiger partial charge < -0.3 is 5.73 Å². The third-order valence-electron chi connectivity index (χ3n) is 3.99. The lowest BCUT2D eigenvalue weighted by Crippen LogP contribution is -2.60. The number of hydrogen-bond donors (Lipinski definition) is 1. The van der Waals surface area contributed by atoms with Gasteiger partial charge in [0.25, 0.3) is 0 Å². The summed E-state index contributed by atoms with van der Waals surface area (Å²) in [5.74, 6) is 0.717. The van der Waals surface area contributed by atoms with Crippen molar-refractivity contribution >= 4 is 0 Å². The van der Waals surface area contributed by atoms with Gasteiger partial charge in [-0.25, -0.2) is 0 Å². The molecular formula is C11H24N2. The highest BCUT2D eigenvalue weighted by molar-refractivity contribution is 4.99. The summed E-state index contributed by atoms with van der Waals surface area (Å²) >= 11 is 0. The van der Waals surface area contributed by atoms with Crippen LogP contribution in [-0.4, -0.2) is 30.1 Å². The predicted octanol–water partition coefficient (Wildman–Crippen LogP) is 1.84. The fourth-order valence-electron chi connectivity index (χ4n) is 2.16. The zero-order chi connectivity index (χ0) is 10.1. The zero-order valence-electron chi connectivity index (χ0n) is 9.51. The van der Waals surface area contributed by atoms with Crippen LogP contribution in [0.1, 0.15) is 40.0 Å². The van der Waals surface area contributed by atoms with Crippen molar-refractivity contribution in [2.24, 2.45) is 11.7 Å². The molecule has 2 nitrogen and oxygen atoms in total. The fourth-order valence-corrected chi connectivity index (χ4v) is 2.16. The van der Waals surface area contributed by atoms with Gasteiger partial charge in [-0.2, -0.15) is 0 Å². The van der Waals surface area contributed by atoms with Crippen molar-refractivity contribution in [3.63, 3.8) is 0 Å². The third-order valence-corrected chi connectivity index (χ3v) is 3.99. The van der Waals surface area contributed by atoms with E-state index >= 15 is 0 Å². The van der Waals surface area contributed by atoms with E-state index in [1.54, 1.807) is 0 Å². The third kappa shape index (κ3) is 1.89. The van der Waals surface area contributed by atoms with Gasteiger partial charge in [0, 0.05) is 18.1 Å². The van der Waals surface area contributed by atoms with E-state index in [2.05, 4.69) is 32.7 Å². The van der Waals surface area contributed by atoms with E-state index < -0.39 is 0 Å². The van der Waals surface area contributed by atoms with Gasteiger partial charge in [-0.15, -0.1) is 0 Å². The average molecular weight is 184 g/mol. The molecule has 0 heterocycles. The van der Waals surface area contributed by atoms with E-state index in [1.165, 1.54) is 19.3 Å². The molecule has 1 saturated carbocycles. The summed E-state index contributed by atoms with van der Waals surface area (Å²) in [5, 5.41) is 0. The van der Waals surface area contributed by atoms with Gasteiger partial charge in [-0.05, 0) is 39.2 Å². The quantitative estimate of drug-likeness (QED) is 0.722. The van der Waals surface area contributed by atoms with E-state index in [0.29, 0.717) is 17.5 Å². The lowest BCUT2D eigenvalue weighted by atomic mass is 9.74. The van der Waals surface area contributed by atoms with Crippen molar-refractivity contribution in [1.82, 2.24) is 4.90 Å². The standard InChI is InChI=1S/C11H24N2/c1-9(2)10(3)13(4)11(8-12)6-5-7-11/h9-10H,5-8,12H2,1-4H3. The second-order valence-electron chi connectivity index (χ2n) is 4.88. The fraction of sp³-hybridized carbons (Fsp3) is 1.00. The lowest BCUT2D eigenvalue weighted by molar-refractivity contribution is 0.00288. The minimum atomic E-state index is 0.337. The molecule has 1 unspecified atom stereocenters. The molecule has 1 fully saturated rings. The van der Waals surface area contributed by atoms with Crippen LogP contribution in [0.5, 0.6) is 0 Å². The van der Waals surface area contributed by atoms with E-state index in [0.717, 1.165) is 6.54 Å². The second kappa shape index (κ2) is 3.97. The topological polar surface area (TPSA) is 29.3 Å². The minimum absolute atomic E-state index is 0.337. The van der Waals surface area contributed by atoms with Crippen LogP contribution in [0.25, 0.3) is 0 Å². The van der Waals surface area contributed by atoms with Crippen molar-refractivity contribution in [3.8, 4) is 0 Å². The molecular weight excluding hydrogens is 160 g/mol. The second-order valence-corrected chi connectivity index (χ2v) is 4.88. The first kappa shape index (κ1) is 11.0. The zero-order valence-corrected chi connectivity index (χ0v) is 9.51. The first-order chi connectivity index (χ1) is 6.03. The molecule has 0 radical (unpaired) electrons. The van der Waals surface area contributed by atoms with Crippen LogP contribution >= 0.6 is 0 Å². The highest BCUT2D eigenvalue weighted by Crippen LogP contribution is 2.37. The first-order valence-electron chi connectivity index (χ1n) is 5.46. The van der Waals surface area contributed by atoms with Crippen molar-refractivity contribution in [2.45, 2.75) is 51.6 Å². The minimum Gasteiger partial charge on any atom is -0.329 e. The van der Waals surface area contributed by atoms with E-state index in [-0.39, 0.29) is 0 Å². The number of nitrogens with zero attached hydrogens (tertiary/aromatic N) is 1. The summed E-state index contributed by atoms with van der Waals surface area (Å²) in [7, 11) is 2.23. The molecule has 0 spiro atoms. The molecule has 2 N–H and O–H groups in total.